The topological polar surface area (TPSA) is 89.0 Å². The summed E-state index contributed by atoms with van der Waals surface area (Å²) in [6.45, 7) is 2.42. The van der Waals surface area contributed by atoms with E-state index in [0.29, 0.717) is 42.7 Å². The largest absolute Gasteiger partial charge is 0.497 e. The van der Waals surface area contributed by atoms with Crippen molar-refractivity contribution >= 4 is 54.0 Å². The number of carbonyl (C=O) groups excluding carboxylic acids is 1. The van der Waals surface area contributed by atoms with Crippen LogP contribution in [0.15, 0.2) is 41.3 Å². The van der Waals surface area contributed by atoms with Gasteiger partial charge in [0, 0.05) is 32.6 Å². The van der Waals surface area contributed by atoms with Gasteiger partial charge >= 0.3 is 0 Å². The maximum atomic E-state index is 12.7. The molecule has 11 heteroatoms. The molecule has 34 heavy (non-hydrogen) atoms. The fourth-order valence-corrected chi connectivity index (χ4v) is 6.48. The number of sulfone groups is 1. The molecule has 182 valence electrons. The monoisotopic (exact) mass is 523 g/mol. The molecule has 2 aromatic carbocycles. The minimum Gasteiger partial charge on any atom is -0.497 e. The molecule has 0 radical (unpaired) electrons. The van der Waals surface area contributed by atoms with Crippen LogP contribution in [-0.2, 0) is 14.6 Å². The van der Waals surface area contributed by atoms with Crippen molar-refractivity contribution < 1.29 is 22.7 Å². The first-order valence-corrected chi connectivity index (χ1v) is 13.7. The quantitative estimate of drug-likeness (QED) is 0.443. The molecule has 1 aliphatic rings. The number of amides is 1. The smallest absolute Gasteiger partial charge is 0.222 e. The van der Waals surface area contributed by atoms with Crippen LogP contribution in [0.25, 0.3) is 10.2 Å². The summed E-state index contributed by atoms with van der Waals surface area (Å²) in [7, 11) is -0.307. The first kappa shape index (κ1) is 24.6. The Kier molecular flexibility index (Phi) is 7.49. The fraction of sp³-hybridized carbons (Fsp3) is 0.391. The van der Waals surface area contributed by atoms with Crippen LogP contribution in [0.1, 0.15) is 12.8 Å². The van der Waals surface area contributed by atoms with E-state index in [9.17, 15) is 13.2 Å². The molecule has 0 atom stereocenters. The second-order valence-electron chi connectivity index (χ2n) is 7.89. The van der Waals surface area contributed by atoms with E-state index in [2.05, 4.69) is 4.90 Å². The van der Waals surface area contributed by atoms with Gasteiger partial charge in [-0.15, -0.1) is 0 Å². The zero-order valence-corrected chi connectivity index (χ0v) is 21.4. The minimum absolute atomic E-state index is 0.0291. The molecule has 1 aromatic heterocycles. The van der Waals surface area contributed by atoms with Gasteiger partial charge in [-0.2, -0.15) is 0 Å². The second-order valence-corrected chi connectivity index (χ2v) is 11.4. The number of hydrogen-bond donors (Lipinski definition) is 0. The number of halogens is 1. The first-order valence-electron chi connectivity index (χ1n) is 10.8. The molecule has 0 bridgehead atoms. The average Bonchev–Trinajstić information content (AvgIpc) is 3.31. The van der Waals surface area contributed by atoms with Crippen molar-refractivity contribution in [1.82, 2.24) is 9.88 Å². The second kappa shape index (κ2) is 10.4. The van der Waals surface area contributed by atoms with Crippen molar-refractivity contribution in [2.75, 3.05) is 51.1 Å². The van der Waals surface area contributed by atoms with Crippen molar-refractivity contribution in [3.05, 3.63) is 41.4 Å². The Hall–Kier alpha value is -2.56. The molecule has 4 rings (SSSR count). The molecule has 0 N–H and O–H groups in total. The number of hydrogen-bond acceptors (Lipinski definition) is 8. The summed E-state index contributed by atoms with van der Waals surface area (Å²) in [5.41, 5.74) is 0.742. The Morgan fingerprint density at radius 3 is 2.41 bits per heavy atom. The van der Waals surface area contributed by atoms with Crippen LogP contribution >= 0.6 is 22.9 Å². The van der Waals surface area contributed by atoms with E-state index in [-0.39, 0.29) is 29.4 Å². The summed E-state index contributed by atoms with van der Waals surface area (Å²) in [6, 6.07) is 9.90. The van der Waals surface area contributed by atoms with E-state index in [1.54, 1.807) is 36.3 Å². The highest BCUT2D eigenvalue weighted by Crippen LogP contribution is 2.38. The van der Waals surface area contributed by atoms with Gasteiger partial charge in [0.15, 0.2) is 15.0 Å². The number of thiazole rings is 1. The molecule has 0 saturated carbocycles. The number of aromatic nitrogens is 1. The fourth-order valence-electron chi connectivity index (χ4n) is 3.86. The van der Waals surface area contributed by atoms with E-state index in [0.717, 1.165) is 15.3 Å². The van der Waals surface area contributed by atoms with Gasteiger partial charge in [0.1, 0.15) is 17.0 Å². The molecule has 1 aliphatic heterocycles. The van der Waals surface area contributed by atoms with Crippen LogP contribution in [-0.4, -0.2) is 70.4 Å². The van der Waals surface area contributed by atoms with Gasteiger partial charge in [0.25, 0.3) is 0 Å². The SMILES string of the molecule is COc1ccc(S(=O)(=O)CCCC(=O)N2CCN(c3nc4c(OC)ccc(Cl)c4s3)CC2)cc1. The standard InChI is InChI=1S/C23H26ClN3O5S2/c1-31-16-5-7-17(8-6-16)34(29,30)15-3-4-20(28)26-11-13-27(14-12-26)23-25-21-19(32-2)10-9-18(24)22(21)33-23/h5-10H,3-4,11-15H2,1-2H3. The van der Waals surface area contributed by atoms with Crippen LogP contribution in [0, 0.1) is 0 Å². The predicted molar refractivity (Wildman–Crippen MR) is 134 cm³/mol. The lowest BCUT2D eigenvalue weighted by Crippen LogP contribution is -2.48. The molecule has 0 aliphatic carbocycles. The third-order valence-electron chi connectivity index (χ3n) is 5.79. The number of methoxy groups -OCH3 is 2. The van der Waals surface area contributed by atoms with Crippen LogP contribution < -0.4 is 14.4 Å². The number of nitrogens with zero attached hydrogens (tertiary/aromatic N) is 3. The van der Waals surface area contributed by atoms with E-state index < -0.39 is 9.84 Å². The molecule has 8 nitrogen and oxygen atoms in total. The summed E-state index contributed by atoms with van der Waals surface area (Å²) < 4.78 is 36.4. The summed E-state index contributed by atoms with van der Waals surface area (Å²) >= 11 is 7.84. The van der Waals surface area contributed by atoms with Gasteiger partial charge in [0.2, 0.25) is 5.91 Å². The molecule has 0 unspecified atom stereocenters. The van der Waals surface area contributed by atoms with E-state index in [1.165, 1.54) is 30.6 Å². The summed E-state index contributed by atoms with van der Waals surface area (Å²) in [5, 5.41) is 1.48. The van der Waals surface area contributed by atoms with Crippen molar-refractivity contribution in [3.8, 4) is 11.5 Å². The third-order valence-corrected chi connectivity index (χ3v) is 9.19. The van der Waals surface area contributed by atoms with E-state index in [1.807, 2.05) is 0 Å². The van der Waals surface area contributed by atoms with Crippen LogP contribution in [0.3, 0.4) is 0 Å². The highest BCUT2D eigenvalue weighted by molar-refractivity contribution is 7.91. The Bertz CT molecular complexity index is 1270. The Morgan fingerprint density at radius 2 is 1.76 bits per heavy atom. The van der Waals surface area contributed by atoms with Gasteiger partial charge in [0.05, 0.1) is 34.6 Å². The maximum absolute atomic E-state index is 12.7. The zero-order chi connectivity index (χ0) is 24.3. The van der Waals surface area contributed by atoms with E-state index >= 15 is 0 Å². The summed E-state index contributed by atoms with van der Waals surface area (Å²) in [5.74, 6) is 1.18. The number of fused-ring (bicyclic) bond motifs is 1. The number of benzene rings is 2. The Balaban J connectivity index is 1.30. The van der Waals surface area contributed by atoms with Crippen molar-refractivity contribution in [2.45, 2.75) is 17.7 Å². The van der Waals surface area contributed by atoms with Gasteiger partial charge in [-0.05, 0) is 42.8 Å². The van der Waals surface area contributed by atoms with Crippen LogP contribution in [0.4, 0.5) is 5.13 Å². The van der Waals surface area contributed by atoms with Crippen molar-refractivity contribution in [3.63, 3.8) is 0 Å². The molecule has 2 heterocycles. The molecule has 0 spiro atoms. The van der Waals surface area contributed by atoms with Gasteiger partial charge < -0.3 is 19.3 Å². The molecule has 1 fully saturated rings. The lowest BCUT2D eigenvalue weighted by Gasteiger charge is -2.34. The maximum Gasteiger partial charge on any atom is 0.222 e. The molecular formula is C23H26ClN3O5S2. The van der Waals surface area contributed by atoms with Gasteiger partial charge in [-0.1, -0.05) is 22.9 Å². The molecular weight excluding hydrogens is 498 g/mol. The minimum atomic E-state index is -3.44. The first-order chi connectivity index (χ1) is 16.3. The van der Waals surface area contributed by atoms with Gasteiger partial charge in [-0.25, -0.2) is 13.4 Å². The van der Waals surface area contributed by atoms with Crippen molar-refractivity contribution in [1.29, 1.82) is 0 Å². The Labute approximate surface area is 208 Å². The normalized spacial score (nSPS) is 14.4. The lowest BCUT2D eigenvalue weighted by molar-refractivity contribution is -0.131. The number of ether oxygens (including phenoxy) is 2. The predicted octanol–water partition coefficient (Wildman–Crippen LogP) is 3.87. The highest BCUT2D eigenvalue weighted by atomic mass is 35.5. The van der Waals surface area contributed by atoms with Crippen molar-refractivity contribution in [2.24, 2.45) is 0 Å². The third kappa shape index (κ3) is 5.24. The van der Waals surface area contributed by atoms with Crippen LogP contribution in [0.2, 0.25) is 5.02 Å². The Morgan fingerprint density at radius 1 is 1.06 bits per heavy atom. The number of carbonyl (C=O) groups is 1. The van der Waals surface area contributed by atoms with Crippen LogP contribution in [0.5, 0.6) is 11.5 Å². The zero-order valence-electron chi connectivity index (χ0n) is 19.0. The summed E-state index contributed by atoms with van der Waals surface area (Å²) in [6.07, 6.45) is 0.479. The van der Waals surface area contributed by atoms with Gasteiger partial charge in [-0.3, -0.25) is 4.79 Å². The van der Waals surface area contributed by atoms with E-state index in [4.69, 9.17) is 26.1 Å². The molecule has 1 amide bonds. The molecule has 3 aromatic rings. The molecule has 1 saturated heterocycles. The summed E-state index contributed by atoms with van der Waals surface area (Å²) in [4.78, 5) is 21.5. The number of anilines is 1. The lowest BCUT2D eigenvalue weighted by atomic mass is 10.2. The number of piperazine rings is 1. The number of rotatable bonds is 8. The average molecular weight is 524 g/mol. The highest BCUT2D eigenvalue weighted by Gasteiger charge is 2.24.